The molecular formula is C11H14N2O4. The first-order valence-corrected chi connectivity index (χ1v) is 5.09. The highest BCUT2D eigenvalue weighted by Crippen LogP contribution is 2.00. The summed E-state index contributed by atoms with van der Waals surface area (Å²) < 4.78 is 0. The van der Waals surface area contributed by atoms with Gasteiger partial charge in [-0.3, -0.25) is 19.9 Å². The van der Waals surface area contributed by atoms with Gasteiger partial charge in [0.2, 0.25) is 0 Å². The minimum Gasteiger partial charge on any atom is -0.481 e. The summed E-state index contributed by atoms with van der Waals surface area (Å²) in [5.41, 5.74) is 1.51. The van der Waals surface area contributed by atoms with Gasteiger partial charge < -0.3 is 10.2 Å². The van der Waals surface area contributed by atoms with Crippen LogP contribution in [0.15, 0.2) is 18.2 Å². The number of pyridine rings is 1. The average Bonchev–Trinajstić information content (AvgIpc) is 2.23. The van der Waals surface area contributed by atoms with E-state index in [4.69, 9.17) is 10.2 Å². The first-order valence-electron chi connectivity index (χ1n) is 5.09. The number of aromatic nitrogens is 1. The third kappa shape index (κ3) is 4.60. The standard InChI is InChI=1S/C11H14N2O4/c1-7-3-2-4-8(13-7)6-12-9(11(16)17)5-10(14)15/h2-4,9,12H,5-6H2,1H3,(H,14,15)(H,16,17)/t9-/m0/s1. The molecule has 0 radical (unpaired) electrons. The molecule has 0 spiro atoms. The normalized spacial score (nSPS) is 12.1. The van der Waals surface area contributed by atoms with Gasteiger partial charge in [-0.05, 0) is 19.1 Å². The van der Waals surface area contributed by atoms with Crippen molar-refractivity contribution in [3.8, 4) is 0 Å². The Kier molecular flexibility index (Phi) is 4.59. The molecule has 92 valence electrons. The summed E-state index contributed by atoms with van der Waals surface area (Å²) in [5.74, 6) is -2.33. The van der Waals surface area contributed by atoms with E-state index in [1.165, 1.54) is 0 Å². The molecular weight excluding hydrogens is 224 g/mol. The molecule has 0 amide bonds. The summed E-state index contributed by atoms with van der Waals surface area (Å²) in [5, 5.41) is 20.0. The molecule has 1 heterocycles. The van der Waals surface area contributed by atoms with Crippen LogP contribution in [0.3, 0.4) is 0 Å². The number of hydrogen-bond acceptors (Lipinski definition) is 4. The van der Waals surface area contributed by atoms with Crippen LogP contribution in [0.25, 0.3) is 0 Å². The molecule has 0 bridgehead atoms. The first-order chi connectivity index (χ1) is 7.99. The SMILES string of the molecule is Cc1cccc(CN[C@@H](CC(=O)O)C(=O)O)n1. The Hall–Kier alpha value is -1.95. The number of hydrogen-bond donors (Lipinski definition) is 3. The van der Waals surface area contributed by atoms with Crippen LogP contribution in [0.5, 0.6) is 0 Å². The van der Waals surface area contributed by atoms with E-state index in [1.54, 1.807) is 6.07 Å². The Morgan fingerprint density at radius 3 is 2.65 bits per heavy atom. The number of aryl methyl sites for hydroxylation is 1. The fraction of sp³-hybridized carbons (Fsp3) is 0.364. The fourth-order valence-electron chi connectivity index (χ4n) is 1.35. The van der Waals surface area contributed by atoms with Gasteiger partial charge in [-0.15, -0.1) is 0 Å². The lowest BCUT2D eigenvalue weighted by molar-refractivity contribution is -0.146. The topological polar surface area (TPSA) is 99.5 Å². The maximum atomic E-state index is 10.8. The van der Waals surface area contributed by atoms with Gasteiger partial charge in [0.15, 0.2) is 0 Å². The van der Waals surface area contributed by atoms with E-state index >= 15 is 0 Å². The molecule has 1 rings (SSSR count). The lowest BCUT2D eigenvalue weighted by atomic mass is 10.2. The predicted octanol–water partition coefficient (Wildman–Crippen LogP) is 0.408. The Morgan fingerprint density at radius 1 is 1.41 bits per heavy atom. The van der Waals surface area contributed by atoms with E-state index in [2.05, 4.69) is 10.3 Å². The van der Waals surface area contributed by atoms with Crippen molar-refractivity contribution in [2.45, 2.75) is 25.9 Å². The highest BCUT2D eigenvalue weighted by molar-refractivity contribution is 5.80. The second-order valence-electron chi connectivity index (χ2n) is 3.64. The van der Waals surface area contributed by atoms with Crippen LogP contribution in [-0.2, 0) is 16.1 Å². The molecule has 1 aromatic heterocycles. The molecule has 0 unspecified atom stereocenters. The molecule has 6 heteroatoms. The van der Waals surface area contributed by atoms with Crippen LogP contribution >= 0.6 is 0 Å². The molecule has 6 nitrogen and oxygen atoms in total. The van der Waals surface area contributed by atoms with Crippen molar-refractivity contribution in [3.05, 3.63) is 29.6 Å². The summed E-state index contributed by atoms with van der Waals surface area (Å²) >= 11 is 0. The summed E-state index contributed by atoms with van der Waals surface area (Å²) in [6, 6.07) is 4.29. The molecule has 0 saturated heterocycles. The lowest BCUT2D eigenvalue weighted by Crippen LogP contribution is -2.38. The molecule has 0 saturated carbocycles. The average molecular weight is 238 g/mol. The maximum absolute atomic E-state index is 10.8. The third-order valence-electron chi connectivity index (χ3n) is 2.15. The molecule has 0 fully saturated rings. The van der Waals surface area contributed by atoms with Crippen molar-refractivity contribution < 1.29 is 19.8 Å². The fourth-order valence-corrected chi connectivity index (χ4v) is 1.35. The van der Waals surface area contributed by atoms with Crippen LogP contribution in [0.2, 0.25) is 0 Å². The smallest absolute Gasteiger partial charge is 0.321 e. The molecule has 17 heavy (non-hydrogen) atoms. The lowest BCUT2D eigenvalue weighted by Gasteiger charge is -2.11. The second kappa shape index (κ2) is 5.95. The van der Waals surface area contributed by atoms with E-state index in [1.807, 2.05) is 19.1 Å². The molecule has 1 aromatic rings. The molecule has 0 aliphatic carbocycles. The van der Waals surface area contributed by atoms with E-state index < -0.39 is 24.4 Å². The zero-order valence-electron chi connectivity index (χ0n) is 9.38. The zero-order valence-corrected chi connectivity index (χ0v) is 9.38. The molecule has 0 aromatic carbocycles. The summed E-state index contributed by atoms with van der Waals surface area (Å²) in [4.78, 5) is 25.4. The number of carbonyl (C=O) groups is 2. The van der Waals surface area contributed by atoms with Gasteiger partial charge in [-0.25, -0.2) is 0 Å². The Morgan fingerprint density at radius 2 is 2.12 bits per heavy atom. The monoisotopic (exact) mass is 238 g/mol. The van der Waals surface area contributed by atoms with Crippen molar-refractivity contribution in [2.75, 3.05) is 0 Å². The van der Waals surface area contributed by atoms with E-state index in [0.717, 1.165) is 5.69 Å². The van der Waals surface area contributed by atoms with Crippen LogP contribution in [0.1, 0.15) is 17.8 Å². The summed E-state index contributed by atoms with van der Waals surface area (Å²) in [7, 11) is 0. The van der Waals surface area contributed by atoms with Crippen LogP contribution in [0, 0.1) is 6.92 Å². The van der Waals surface area contributed by atoms with Crippen LogP contribution < -0.4 is 5.32 Å². The summed E-state index contributed by atoms with van der Waals surface area (Å²) in [6.45, 7) is 2.06. The number of nitrogens with zero attached hydrogens (tertiary/aromatic N) is 1. The number of aliphatic carboxylic acids is 2. The highest BCUT2D eigenvalue weighted by atomic mass is 16.4. The first kappa shape index (κ1) is 13.1. The number of carboxylic acids is 2. The molecule has 0 aliphatic rings. The van der Waals surface area contributed by atoms with Crippen molar-refractivity contribution in [1.82, 2.24) is 10.3 Å². The van der Waals surface area contributed by atoms with Crippen molar-refractivity contribution >= 4 is 11.9 Å². The number of rotatable bonds is 6. The predicted molar refractivity (Wildman–Crippen MR) is 59.5 cm³/mol. The van der Waals surface area contributed by atoms with Gasteiger partial charge in [-0.1, -0.05) is 6.07 Å². The third-order valence-corrected chi connectivity index (χ3v) is 2.15. The van der Waals surface area contributed by atoms with Gasteiger partial charge >= 0.3 is 11.9 Å². The molecule has 0 aliphatic heterocycles. The minimum absolute atomic E-state index is 0.228. The number of nitrogens with one attached hydrogen (secondary N) is 1. The van der Waals surface area contributed by atoms with Crippen molar-refractivity contribution in [2.24, 2.45) is 0 Å². The zero-order chi connectivity index (χ0) is 12.8. The Labute approximate surface area is 98.3 Å². The van der Waals surface area contributed by atoms with Gasteiger partial charge in [0.25, 0.3) is 0 Å². The highest BCUT2D eigenvalue weighted by Gasteiger charge is 2.20. The van der Waals surface area contributed by atoms with Gasteiger partial charge in [-0.2, -0.15) is 0 Å². The van der Waals surface area contributed by atoms with Crippen LogP contribution in [-0.4, -0.2) is 33.2 Å². The minimum atomic E-state index is -1.18. The van der Waals surface area contributed by atoms with E-state index in [0.29, 0.717) is 5.69 Å². The summed E-state index contributed by atoms with van der Waals surface area (Å²) in [6.07, 6.45) is -0.457. The largest absolute Gasteiger partial charge is 0.481 e. The number of carboxylic acid groups (broad SMARTS) is 2. The van der Waals surface area contributed by atoms with E-state index in [9.17, 15) is 9.59 Å². The Bertz CT molecular complexity index is 420. The van der Waals surface area contributed by atoms with Crippen LogP contribution in [0.4, 0.5) is 0 Å². The van der Waals surface area contributed by atoms with Crippen molar-refractivity contribution in [1.29, 1.82) is 0 Å². The van der Waals surface area contributed by atoms with Gasteiger partial charge in [0.05, 0.1) is 12.1 Å². The van der Waals surface area contributed by atoms with E-state index in [-0.39, 0.29) is 6.54 Å². The maximum Gasteiger partial charge on any atom is 0.321 e. The molecule has 3 N–H and O–H groups in total. The van der Waals surface area contributed by atoms with Gasteiger partial charge in [0, 0.05) is 12.2 Å². The van der Waals surface area contributed by atoms with Gasteiger partial charge in [0.1, 0.15) is 6.04 Å². The van der Waals surface area contributed by atoms with Crippen molar-refractivity contribution in [3.63, 3.8) is 0 Å². The Balaban J connectivity index is 2.57. The molecule has 1 atom stereocenters. The second-order valence-corrected chi connectivity index (χ2v) is 3.64. The quantitative estimate of drug-likeness (QED) is 0.663.